The van der Waals surface area contributed by atoms with Gasteiger partial charge in [-0.2, -0.15) is 0 Å². The number of nitrogens with zero attached hydrogens (tertiary/aromatic N) is 1. The first-order valence-electron chi connectivity index (χ1n) is 5.47. The minimum atomic E-state index is -0.310. The second-order valence-corrected chi connectivity index (χ2v) is 3.65. The molecule has 1 aromatic heterocycles. The van der Waals surface area contributed by atoms with Gasteiger partial charge in [-0.3, -0.25) is 15.1 Å². The maximum absolute atomic E-state index is 11.4. The Kier molecular flexibility index (Phi) is 4.92. The van der Waals surface area contributed by atoms with Gasteiger partial charge in [-0.05, 0) is 32.4 Å². The van der Waals surface area contributed by atoms with Crippen LogP contribution in [0, 0.1) is 0 Å². The van der Waals surface area contributed by atoms with Crippen LogP contribution in [0.3, 0.4) is 0 Å². The quantitative estimate of drug-likeness (QED) is 0.770. The molecule has 0 radical (unpaired) electrons. The Labute approximate surface area is 96.0 Å². The van der Waals surface area contributed by atoms with Crippen LogP contribution < -0.4 is 5.32 Å². The molecular formula is C12H18N2O2. The van der Waals surface area contributed by atoms with Gasteiger partial charge in [0.2, 0.25) is 0 Å². The van der Waals surface area contributed by atoms with Crippen molar-refractivity contribution in [2.45, 2.75) is 32.9 Å². The summed E-state index contributed by atoms with van der Waals surface area (Å²) < 4.78 is 4.92. The maximum Gasteiger partial charge on any atom is 0.322 e. The van der Waals surface area contributed by atoms with Crippen LogP contribution >= 0.6 is 0 Å². The van der Waals surface area contributed by atoms with Crippen LogP contribution in [0.5, 0.6) is 0 Å². The summed E-state index contributed by atoms with van der Waals surface area (Å²) in [6, 6.07) is 3.62. The van der Waals surface area contributed by atoms with Crippen molar-refractivity contribution in [3.63, 3.8) is 0 Å². The van der Waals surface area contributed by atoms with Crippen molar-refractivity contribution in [2.24, 2.45) is 0 Å². The van der Waals surface area contributed by atoms with Gasteiger partial charge in [0, 0.05) is 18.4 Å². The molecule has 0 amide bonds. The fourth-order valence-electron chi connectivity index (χ4n) is 1.44. The van der Waals surface area contributed by atoms with Gasteiger partial charge in [0.05, 0.1) is 6.61 Å². The summed E-state index contributed by atoms with van der Waals surface area (Å²) >= 11 is 0. The highest BCUT2D eigenvalue weighted by atomic mass is 16.5. The van der Waals surface area contributed by atoms with E-state index in [1.54, 1.807) is 26.2 Å². The van der Waals surface area contributed by atoms with Crippen LogP contribution in [0.15, 0.2) is 24.5 Å². The van der Waals surface area contributed by atoms with Crippen molar-refractivity contribution in [1.29, 1.82) is 0 Å². The topological polar surface area (TPSA) is 51.2 Å². The van der Waals surface area contributed by atoms with E-state index >= 15 is 0 Å². The van der Waals surface area contributed by atoms with Gasteiger partial charge < -0.3 is 4.74 Å². The van der Waals surface area contributed by atoms with Crippen LogP contribution in [-0.2, 0) is 9.53 Å². The number of aromatic nitrogens is 1. The summed E-state index contributed by atoms with van der Waals surface area (Å²) in [4.78, 5) is 15.4. The van der Waals surface area contributed by atoms with Gasteiger partial charge in [-0.1, -0.05) is 6.07 Å². The summed E-state index contributed by atoms with van der Waals surface area (Å²) in [5.41, 5.74) is 1.05. The molecule has 1 heterocycles. The third-order valence-electron chi connectivity index (χ3n) is 2.32. The van der Waals surface area contributed by atoms with E-state index in [9.17, 15) is 4.79 Å². The number of nitrogens with one attached hydrogen (secondary N) is 1. The lowest BCUT2D eigenvalue weighted by Crippen LogP contribution is -2.37. The molecule has 0 aliphatic rings. The zero-order valence-electron chi connectivity index (χ0n) is 9.93. The predicted octanol–water partition coefficient (Wildman–Crippen LogP) is 1.68. The Morgan fingerprint density at radius 3 is 2.88 bits per heavy atom. The first-order valence-corrected chi connectivity index (χ1v) is 5.47. The Morgan fingerprint density at radius 2 is 2.31 bits per heavy atom. The largest absolute Gasteiger partial charge is 0.465 e. The van der Waals surface area contributed by atoms with Crippen LogP contribution in [0.25, 0.3) is 0 Å². The molecule has 0 fully saturated rings. The molecule has 0 saturated heterocycles. The number of hydrogen-bond donors (Lipinski definition) is 1. The van der Waals surface area contributed by atoms with E-state index in [0.717, 1.165) is 5.56 Å². The molecular weight excluding hydrogens is 204 g/mol. The lowest BCUT2D eigenvalue weighted by molar-refractivity contribution is -0.145. The predicted molar refractivity (Wildman–Crippen MR) is 61.9 cm³/mol. The van der Waals surface area contributed by atoms with Crippen molar-refractivity contribution in [2.75, 3.05) is 6.61 Å². The lowest BCUT2D eigenvalue weighted by Gasteiger charge is -2.18. The smallest absolute Gasteiger partial charge is 0.322 e. The number of carbonyl (C=O) groups excluding carboxylic acids is 1. The molecule has 1 N–H and O–H groups in total. The van der Waals surface area contributed by atoms with Gasteiger partial charge in [-0.25, -0.2) is 0 Å². The summed E-state index contributed by atoms with van der Waals surface area (Å²) in [6.45, 7) is 6.00. The zero-order chi connectivity index (χ0) is 12.0. The standard InChI is InChI=1S/C12H18N2O2/c1-4-16-12(15)10(3)14-9(2)11-6-5-7-13-8-11/h5-10,14H,4H2,1-3H3/t9-,10?/m1/s1. The van der Waals surface area contributed by atoms with Crippen LogP contribution in [0.2, 0.25) is 0 Å². The number of hydrogen-bond acceptors (Lipinski definition) is 4. The lowest BCUT2D eigenvalue weighted by atomic mass is 10.1. The van der Waals surface area contributed by atoms with E-state index in [0.29, 0.717) is 6.61 Å². The fourth-order valence-corrected chi connectivity index (χ4v) is 1.44. The van der Waals surface area contributed by atoms with Crippen LogP contribution in [-0.4, -0.2) is 23.6 Å². The van der Waals surface area contributed by atoms with Crippen LogP contribution in [0.1, 0.15) is 32.4 Å². The van der Waals surface area contributed by atoms with Crippen LogP contribution in [0.4, 0.5) is 0 Å². The fraction of sp³-hybridized carbons (Fsp3) is 0.500. The van der Waals surface area contributed by atoms with Crippen molar-refractivity contribution < 1.29 is 9.53 Å². The Morgan fingerprint density at radius 1 is 1.56 bits per heavy atom. The number of carbonyl (C=O) groups is 1. The van der Waals surface area contributed by atoms with Crippen molar-refractivity contribution in [3.05, 3.63) is 30.1 Å². The van der Waals surface area contributed by atoms with Gasteiger partial charge in [0.1, 0.15) is 6.04 Å². The average molecular weight is 222 g/mol. The first-order chi connectivity index (χ1) is 7.65. The van der Waals surface area contributed by atoms with E-state index < -0.39 is 0 Å². The van der Waals surface area contributed by atoms with E-state index in [-0.39, 0.29) is 18.1 Å². The molecule has 16 heavy (non-hydrogen) atoms. The normalized spacial score (nSPS) is 14.2. The molecule has 0 saturated carbocycles. The molecule has 0 aliphatic heterocycles. The minimum Gasteiger partial charge on any atom is -0.465 e. The van der Waals surface area contributed by atoms with Gasteiger partial charge in [0.15, 0.2) is 0 Å². The Bertz CT molecular complexity index is 327. The highest BCUT2D eigenvalue weighted by Crippen LogP contribution is 2.10. The third kappa shape index (κ3) is 3.62. The SMILES string of the molecule is CCOC(=O)C(C)N[C@H](C)c1cccnc1. The van der Waals surface area contributed by atoms with Gasteiger partial charge in [0.25, 0.3) is 0 Å². The molecule has 1 unspecified atom stereocenters. The average Bonchev–Trinajstić information content (AvgIpc) is 2.30. The maximum atomic E-state index is 11.4. The van der Waals surface area contributed by atoms with Crippen molar-refractivity contribution >= 4 is 5.97 Å². The Balaban J connectivity index is 2.51. The molecule has 4 nitrogen and oxygen atoms in total. The van der Waals surface area contributed by atoms with Crippen molar-refractivity contribution in [1.82, 2.24) is 10.3 Å². The van der Waals surface area contributed by atoms with Crippen molar-refractivity contribution in [3.8, 4) is 0 Å². The highest BCUT2D eigenvalue weighted by Gasteiger charge is 2.16. The summed E-state index contributed by atoms with van der Waals surface area (Å²) in [6.07, 6.45) is 3.51. The van der Waals surface area contributed by atoms with E-state index in [4.69, 9.17) is 4.74 Å². The molecule has 88 valence electrons. The molecule has 0 bridgehead atoms. The summed E-state index contributed by atoms with van der Waals surface area (Å²) in [5, 5.41) is 3.17. The second kappa shape index (κ2) is 6.23. The van der Waals surface area contributed by atoms with Gasteiger partial charge in [-0.15, -0.1) is 0 Å². The summed E-state index contributed by atoms with van der Waals surface area (Å²) in [5.74, 6) is -0.224. The van der Waals surface area contributed by atoms with Gasteiger partial charge >= 0.3 is 5.97 Å². The molecule has 0 aromatic carbocycles. The zero-order valence-corrected chi connectivity index (χ0v) is 9.93. The minimum absolute atomic E-state index is 0.0770. The highest BCUT2D eigenvalue weighted by molar-refractivity contribution is 5.75. The molecule has 4 heteroatoms. The number of esters is 1. The molecule has 2 atom stereocenters. The number of rotatable bonds is 5. The second-order valence-electron chi connectivity index (χ2n) is 3.65. The summed E-state index contributed by atoms with van der Waals surface area (Å²) in [7, 11) is 0. The monoisotopic (exact) mass is 222 g/mol. The third-order valence-corrected chi connectivity index (χ3v) is 2.32. The number of pyridine rings is 1. The van der Waals surface area contributed by atoms with E-state index in [1.807, 2.05) is 19.1 Å². The number of ether oxygens (including phenoxy) is 1. The molecule has 0 spiro atoms. The van der Waals surface area contributed by atoms with E-state index in [1.165, 1.54) is 0 Å². The molecule has 1 aromatic rings. The molecule has 0 aliphatic carbocycles. The first kappa shape index (κ1) is 12.6. The molecule has 1 rings (SSSR count). The van der Waals surface area contributed by atoms with E-state index in [2.05, 4.69) is 10.3 Å². The Hall–Kier alpha value is -1.42.